The number of aromatic nitrogens is 2. The number of hydrogen-bond donors (Lipinski definition) is 1. The van der Waals surface area contributed by atoms with Crippen LogP contribution in [0.5, 0.6) is 0 Å². The molecule has 0 spiro atoms. The Bertz CT molecular complexity index is 664. The second-order valence-corrected chi connectivity index (χ2v) is 7.24. The first-order chi connectivity index (χ1) is 11.2. The summed E-state index contributed by atoms with van der Waals surface area (Å²) in [4.78, 5) is 14.3. The number of thiophene rings is 1. The molecule has 1 N–H and O–H groups in total. The van der Waals surface area contributed by atoms with Crippen molar-refractivity contribution in [2.45, 2.75) is 33.6 Å². The Morgan fingerprint density at radius 2 is 2.00 bits per heavy atom. The molecular weight excluding hydrogens is 308 g/mol. The highest BCUT2D eigenvalue weighted by atomic mass is 32.1. The van der Waals surface area contributed by atoms with E-state index in [1.54, 1.807) is 11.3 Å². The molecule has 0 saturated carbocycles. The summed E-state index contributed by atoms with van der Waals surface area (Å²) in [6, 6.07) is 0. The van der Waals surface area contributed by atoms with E-state index in [-0.39, 0.29) is 0 Å². The molecule has 1 saturated heterocycles. The van der Waals surface area contributed by atoms with Gasteiger partial charge in [-0.15, -0.1) is 11.3 Å². The SMILES string of the molecule is CCc1nc(NCCCN2CCOCC2)c2c(C)c(C)sc2n1. The van der Waals surface area contributed by atoms with Gasteiger partial charge in [-0.25, -0.2) is 9.97 Å². The van der Waals surface area contributed by atoms with Gasteiger partial charge in [-0.3, -0.25) is 4.90 Å². The van der Waals surface area contributed by atoms with Crippen molar-refractivity contribution in [2.24, 2.45) is 0 Å². The minimum absolute atomic E-state index is 0.868. The number of rotatable bonds is 6. The minimum Gasteiger partial charge on any atom is -0.379 e. The predicted octanol–water partition coefficient (Wildman–Crippen LogP) is 3.00. The van der Waals surface area contributed by atoms with Crippen molar-refractivity contribution in [1.82, 2.24) is 14.9 Å². The maximum atomic E-state index is 5.39. The molecule has 0 bridgehead atoms. The van der Waals surface area contributed by atoms with Crippen LogP contribution in [-0.4, -0.2) is 54.3 Å². The summed E-state index contributed by atoms with van der Waals surface area (Å²) in [6.45, 7) is 12.4. The van der Waals surface area contributed by atoms with Gasteiger partial charge >= 0.3 is 0 Å². The number of aryl methyl sites for hydroxylation is 3. The van der Waals surface area contributed by atoms with Crippen molar-refractivity contribution in [3.63, 3.8) is 0 Å². The predicted molar refractivity (Wildman–Crippen MR) is 96.6 cm³/mol. The van der Waals surface area contributed by atoms with Crippen LogP contribution in [0.2, 0.25) is 0 Å². The van der Waals surface area contributed by atoms with Crippen LogP contribution in [0.4, 0.5) is 5.82 Å². The zero-order valence-electron chi connectivity index (χ0n) is 14.3. The number of morpholine rings is 1. The zero-order valence-corrected chi connectivity index (χ0v) is 15.1. The van der Waals surface area contributed by atoms with E-state index in [9.17, 15) is 0 Å². The lowest BCUT2D eigenvalue weighted by Crippen LogP contribution is -2.37. The van der Waals surface area contributed by atoms with Crippen LogP contribution in [0, 0.1) is 13.8 Å². The van der Waals surface area contributed by atoms with Crippen molar-refractivity contribution in [2.75, 3.05) is 44.7 Å². The van der Waals surface area contributed by atoms with Gasteiger partial charge in [0.2, 0.25) is 0 Å². The van der Waals surface area contributed by atoms with Crippen LogP contribution in [0.1, 0.15) is 29.6 Å². The van der Waals surface area contributed by atoms with E-state index in [0.717, 1.165) is 68.7 Å². The zero-order chi connectivity index (χ0) is 16.2. The van der Waals surface area contributed by atoms with Crippen LogP contribution in [0.15, 0.2) is 0 Å². The molecule has 2 aromatic heterocycles. The van der Waals surface area contributed by atoms with Crippen LogP contribution in [-0.2, 0) is 11.2 Å². The maximum absolute atomic E-state index is 5.39. The Hall–Kier alpha value is -1.24. The average Bonchev–Trinajstić information content (AvgIpc) is 2.87. The van der Waals surface area contributed by atoms with Gasteiger partial charge in [0.15, 0.2) is 0 Å². The fourth-order valence-corrected chi connectivity index (χ4v) is 3.96. The second-order valence-electron chi connectivity index (χ2n) is 6.04. The molecular formula is C17H26N4OS. The second kappa shape index (κ2) is 7.55. The first-order valence-electron chi connectivity index (χ1n) is 8.49. The van der Waals surface area contributed by atoms with Gasteiger partial charge in [-0.05, 0) is 32.4 Å². The van der Waals surface area contributed by atoms with Gasteiger partial charge < -0.3 is 10.1 Å². The minimum atomic E-state index is 0.868. The Labute approximate surface area is 142 Å². The summed E-state index contributed by atoms with van der Waals surface area (Å²) >= 11 is 1.77. The van der Waals surface area contributed by atoms with Crippen LogP contribution in [0.25, 0.3) is 10.2 Å². The number of nitrogens with one attached hydrogen (secondary N) is 1. The van der Waals surface area contributed by atoms with Gasteiger partial charge in [0, 0.05) is 30.9 Å². The summed E-state index contributed by atoms with van der Waals surface area (Å²) in [7, 11) is 0. The Morgan fingerprint density at radius 1 is 1.22 bits per heavy atom. The van der Waals surface area contributed by atoms with Crippen molar-refractivity contribution in [3.05, 3.63) is 16.3 Å². The third-order valence-electron chi connectivity index (χ3n) is 4.44. The Balaban J connectivity index is 1.66. The molecule has 2 aromatic rings. The van der Waals surface area contributed by atoms with Crippen molar-refractivity contribution in [3.8, 4) is 0 Å². The first kappa shape index (κ1) is 16.6. The first-order valence-corrected chi connectivity index (χ1v) is 9.31. The van der Waals surface area contributed by atoms with Gasteiger partial charge in [-0.1, -0.05) is 6.92 Å². The fraction of sp³-hybridized carbons (Fsp3) is 0.647. The topological polar surface area (TPSA) is 50.3 Å². The summed E-state index contributed by atoms with van der Waals surface area (Å²) in [5, 5.41) is 4.76. The van der Waals surface area contributed by atoms with Crippen molar-refractivity contribution >= 4 is 27.4 Å². The normalized spacial score (nSPS) is 16.1. The molecule has 126 valence electrons. The molecule has 0 amide bonds. The van der Waals surface area contributed by atoms with E-state index in [0.29, 0.717) is 0 Å². The third kappa shape index (κ3) is 3.82. The molecule has 0 radical (unpaired) electrons. The molecule has 1 aliphatic heterocycles. The smallest absolute Gasteiger partial charge is 0.138 e. The quantitative estimate of drug-likeness (QED) is 0.823. The van der Waals surface area contributed by atoms with E-state index in [1.165, 1.54) is 15.8 Å². The molecule has 3 heterocycles. The summed E-state index contributed by atoms with van der Waals surface area (Å²) in [5.41, 5.74) is 1.31. The van der Waals surface area contributed by atoms with Crippen molar-refractivity contribution < 1.29 is 4.74 Å². The van der Waals surface area contributed by atoms with Crippen LogP contribution >= 0.6 is 11.3 Å². The van der Waals surface area contributed by atoms with Gasteiger partial charge in [0.25, 0.3) is 0 Å². The summed E-state index contributed by atoms with van der Waals surface area (Å²) < 4.78 is 5.39. The number of anilines is 1. The summed E-state index contributed by atoms with van der Waals surface area (Å²) in [6.07, 6.45) is 1.99. The van der Waals surface area contributed by atoms with Gasteiger partial charge in [0.1, 0.15) is 16.5 Å². The van der Waals surface area contributed by atoms with E-state index >= 15 is 0 Å². The largest absolute Gasteiger partial charge is 0.379 e. The molecule has 1 aliphatic rings. The molecule has 1 fully saturated rings. The fourth-order valence-electron chi connectivity index (χ4n) is 2.91. The number of hydrogen-bond acceptors (Lipinski definition) is 6. The molecule has 5 nitrogen and oxygen atoms in total. The molecule has 0 atom stereocenters. The summed E-state index contributed by atoms with van der Waals surface area (Å²) in [5.74, 6) is 1.94. The molecule has 0 aromatic carbocycles. The number of nitrogens with zero attached hydrogens (tertiary/aromatic N) is 3. The lowest BCUT2D eigenvalue weighted by Gasteiger charge is -2.26. The lowest BCUT2D eigenvalue weighted by molar-refractivity contribution is 0.0378. The Morgan fingerprint density at radius 3 is 2.74 bits per heavy atom. The molecule has 0 unspecified atom stereocenters. The van der Waals surface area contributed by atoms with Gasteiger partial charge in [-0.2, -0.15) is 0 Å². The monoisotopic (exact) mass is 334 g/mol. The Kier molecular flexibility index (Phi) is 5.46. The van der Waals surface area contributed by atoms with Crippen LogP contribution < -0.4 is 5.32 Å². The third-order valence-corrected chi connectivity index (χ3v) is 5.54. The van der Waals surface area contributed by atoms with E-state index < -0.39 is 0 Å². The highest BCUT2D eigenvalue weighted by Gasteiger charge is 2.14. The molecule has 3 rings (SSSR count). The average molecular weight is 334 g/mol. The molecule has 23 heavy (non-hydrogen) atoms. The molecule has 6 heteroatoms. The van der Waals surface area contributed by atoms with E-state index in [2.05, 4.69) is 36.0 Å². The van der Waals surface area contributed by atoms with E-state index in [1.807, 2.05) is 0 Å². The van der Waals surface area contributed by atoms with Crippen molar-refractivity contribution in [1.29, 1.82) is 0 Å². The van der Waals surface area contributed by atoms with E-state index in [4.69, 9.17) is 9.72 Å². The number of fused-ring (bicyclic) bond motifs is 1. The standard InChI is InChI=1S/C17H26N4OS/c1-4-14-19-16(15-12(2)13(3)23-17(15)20-14)18-6-5-7-21-8-10-22-11-9-21/h4-11H2,1-3H3,(H,18,19,20). The number of ether oxygens (including phenoxy) is 1. The molecule has 0 aliphatic carbocycles. The lowest BCUT2D eigenvalue weighted by atomic mass is 10.2. The van der Waals surface area contributed by atoms with Crippen LogP contribution in [0.3, 0.4) is 0 Å². The maximum Gasteiger partial charge on any atom is 0.138 e. The highest BCUT2D eigenvalue weighted by Crippen LogP contribution is 2.33. The highest BCUT2D eigenvalue weighted by molar-refractivity contribution is 7.18. The van der Waals surface area contributed by atoms with Gasteiger partial charge in [0.05, 0.1) is 18.6 Å².